The van der Waals surface area contributed by atoms with Gasteiger partial charge in [-0.15, -0.1) is 16.4 Å². The van der Waals surface area contributed by atoms with Crippen LogP contribution in [0.3, 0.4) is 0 Å². The maximum Gasteiger partial charge on any atom is 0.279 e. The number of nitrogens with zero attached hydrogens (tertiary/aromatic N) is 4. The van der Waals surface area contributed by atoms with Gasteiger partial charge in [-0.05, 0) is 49.1 Å². The summed E-state index contributed by atoms with van der Waals surface area (Å²) in [6.07, 6.45) is 1.64. The number of hydrogen-bond donors (Lipinski definition) is 1. The van der Waals surface area contributed by atoms with E-state index in [-0.39, 0.29) is 11.6 Å². The molecule has 0 spiro atoms. The molecule has 29 heavy (non-hydrogen) atoms. The van der Waals surface area contributed by atoms with Crippen molar-refractivity contribution >= 4 is 22.4 Å². The van der Waals surface area contributed by atoms with E-state index in [1.54, 1.807) is 10.9 Å². The molecule has 7 heteroatoms. The first-order valence-corrected chi connectivity index (χ1v) is 10.2. The van der Waals surface area contributed by atoms with Crippen LogP contribution in [-0.2, 0) is 6.54 Å². The van der Waals surface area contributed by atoms with Gasteiger partial charge in [0.2, 0.25) is 0 Å². The van der Waals surface area contributed by atoms with Crippen LogP contribution in [0.15, 0.2) is 54.0 Å². The first kappa shape index (κ1) is 19.0. The summed E-state index contributed by atoms with van der Waals surface area (Å²) >= 11 is 1.40. The highest BCUT2D eigenvalue weighted by Crippen LogP contribution is 2.29. The zero-order chi connectivity index (χ0) is 20.4. The summed E-state index contributed by atoms with van der Waals surface area (Å²) < 4.78 is 1.65. The van der Waals surface area contributed by atoms with Crippen LogP contribution < -0.4 is 5.32 Å². The SMILES string of the molecule is Cc1cc(C)c(-c2csc(NC(=O)c3cn(Cc4ccccc4)nn3)n2)cc1C. The molecule has 6 nitrogen and oxygen atoms in total. The zero-order valence-electron chi connectivity index (χ0n) is 16.5. The lowest BCUT2D eigenvalue weighted by molar-refractivity contribution is 0.102. The minimum absolute atomic E-state index is 0.264. The summed E-state index contributed by atoms with van der Waals surface area (Å²) in [7, 11) is 0. The highest BCUT2D eigenvalue weighted by atomic mass is 32.1. The maximum atomic E-state index is 12.5. The van der Waals surface area contributed by atoms with E-state index < -0.39 is 0 Å². The number of anilines is 1. The number of aryl methyl sites for hydroxylation is 3. The molecule has 2 aromatic heterocycles. The maximum absolute atomic E-state index is 12.5. The average Bonchev–Trinajstić information content (AvgIpc) is 3.35. The van der Waals surface area contributed by atoms with Crippen molar-refractivity contribution in [2.45, 2.75) is 27.3 Å². The van der Waals surface area contributed by atoms with Crippen molar-refractivity contribution in [3.8, 4) is 11.3 Å². The zero-order valence-corrected chi connectivity index (χ0v) is 17.3. The van der Waals surface area contributed by atoms with Gasteiger partial charge in [-0.2, -0.15) is 0 Å². The standard InChI is InChI=1S/C22H21N5OS/c1-14-9-16(3)18(10-15(14)2)20-13-29-22(23-20)24-21(28)19-12-27(26-25-19)11-17-7-5-4-6-8-17/h4-10,12-13H,11H2,1-3H3,(H,23,24,28). The predicted octanol–water partition coefficient (Wildman–Crippen LogP) is 4.63. The summed E-state index contributed by atoms with van der Waals surface area (Å²) in [5.41, 5.74) is 6.95. The van der Waals surface area contributed by atoms with Crippen molar-refractivity contribution in [3.05, 3.63) is 82.0 Å². The molecule has 146 valence electrons. The Labute approximate surface area is 173 Å². The number of amides is 1. The minimum atomic E-state index is -0.318. The fourth-order valence-electron chi connectivity index (χ4n) is 3.10. The summed E-state index contributed by atoms with van der Waals surface area (Å²) in [5, 5.41) is 13.4. The lowest BCUT2D eigenvalue weighted by Crippen LogP contribution is -2.12. The highest BCUT2D eigenvalue weighted by molar-refractivity contribution is 7.14. The van der Waals surface area contributed by atoms with Crippen LogP contribution in [0, 0.1) is 20.8 Å². The quantitative estimate of drug-likeness (QED) is 0.527. The Balaban J connectivity index is 1.47. The topological polar surface area (TPSA) is 72.7 Å². The Morgan fingerprint density at radius 1 is 1.07 bits per heavy atom. The molecule has 0 saturated heterocycles. The normalized spacial score (nSPS) is 10.9. The van der Waals surface area contributed by atoms with Crippen LogP contribution in [0.2, 0.25) is 0 Å². The van der Waals surface area contributed by atoms with E-state index >= 15 is 0 Å². The van der Waals surface area contributed by atoms with Gasteiger partial charge in [-0.25, -0.2) is 9.67 Å². The number of thiazole rings is 1. The molecule has 0 fully saturated rings. The molecule has 0 bridgehead atoms. The number of carbonyl (C=O) groups is 1. The van der Waals surface area contributed by atoms with E-state index in [9.17, 15) is 4.79 Å². The van der Waals surface area contributed by atoms with E-state index in [1.165, 1.54) is 28.0 Å². The van der Waals surface area contributed by atoms with Gasteiger partial charge in [0, 0.05) is 10.9 Å². The van der Waals surface area contributed by atoms with Crippen LogP contribution in [0.25, 0.3) is 11.3 Å². The molecule has 2 aromatic carbocycles. The highest BCUT2D eigenvalue weighted by Gasteiger charge is 2.15. The molecule has 4 aromatic rings. The van der Waals surface area contributed by atoms with E-state index in [0.717, 1.165) is 16.8 Å². The predicted molar refractivity (Wildman–Crippen MR) is 115 cm³/mol. The number of rotatable bonds is 5. The number of carbonyl (C=O) groups excluding carboxylic acids is 1. The molecule has 0 unspecified atom stereocenters. The molecular formula is C22H21N5OS. The monoisotopic (exact) mass is 403 g/mol. The van der Waals surface area contributed by atoms with Crippen molar-refractivity contribution in [1.82, 2.24) is 20.0 Å². The minimum Gasteiger partial charge on any atom is -0.296 e. The fourth-order valence-corrected chi connectivity index (χ4v) is 3.81. The van der Waals surface area contributed by atoms with Crippen LogP contribution in [0.4, 0.5) is 5.13 Å². The third-order valence-corrected chi connectivity index (χ3v) is 5.56. The van der Waals surface area contributed by atoms with Crippen molar-refractivity contribution in [3.63, 3.8) is 0 Å². The van der Waals surface area contributed by atoms with Crippen LogP contribution >= 0.6 is 11.3 Å². The smallest absolute Gasteiger partial charge is 0.279 e. The van der Waals surface area contributed by atoms with Crippen LogP contribution in [0.1, 0.15) is 32.7 Å². The molecule has 0 atom stereocenters. The van der Waals surface area contributed by atoms with Gasteiger partial charge in [0.15, 0.2) is 10.8 Å². The average molecular weight is 404 g/mol. The third kappa shape index (κ3) is 4.25. The van der Waals surface area contributed by atoms with Crippen LogP contribution in [-0.4, -0.2) is 25.9 Å². The summed E-state index contributed by atoms with van der Waals surface area (Å²) in [4.78, 5) is 17.1. The van der Waals surface area contributed by atoms with Gasteiger partial charge in [0.25, 0.3) is 5.91 Å². The van der Waals surface area contributed by atoms with E-state index in [2.05, 4.69) is 53.5 Å². The summed E-state index contributed by atoms with van der Waals surface area (Å²) in [6, 6.07) is 14.2. The lowest BCUT2D eigenvalue weighted by atomic mass is 9.99. The van der Waals surface area contributed by atoms with Crippen molar-refractivity contribution < 1.29 is 4.79 Å². The number of benzene rings is 2. The van der Waals surface area contributed by atoms with Crippen molar-refractivity contribution in [1.29, 1.82) is 0 Å². The van der Waals surface area contributed by atoms with Gasteiger partial charge in [-0.3, -0.25) is 10.1 Å². The summed E-state index contributed by atoms with van der Waals surface area (Å²) in [5.74, 6) is -0.318. The van der Waals surface area contributed by atoms with E-state index in [0.29, 0.717) is 11.7 Å². The van der Waals surface area contributed by atoms with Gasteiger partial charge in [0.1, 0.15) is 0 Å². The first-order chi connectivity index (χ1) is 14.0. The lowest BCUT2D eigenvalue weighted by Gasteiger charge is -2.07. The second-order valence-corrected chi connectivity index (χ2v) is 7.89. The fraction of sp³-hybridized carbons (Fsp3) is 0.182. The number of aromatic nitrogens is 4. The van der Waals surface area contributed by atoms with Gasteiger partial charge >= 0.3 is 0 Å². The molecule has 0 aliphatic rings. The second kappa shape index (κ2) is 7.97. The Morgan fingerprint density at radius 2 is 1.83 bits per heavy atom. The first-order valence-electron chi connectivity index (χ1n) is 9.29. The van der Waals surface area contributed by atoms with Crippen LogP contribution in [0.5, 0.6) is 0 Å². The Kier molecular flexibility index (Phi) is 5.22. The largest absolute Gasteiger partial charge is 0.296 e. The molecule has 2 heterocycles. The third-order valence-electron chi connectivity index (χ3n) is 4.80. The molecule has 0 aliphatic carbocycles. The Bertz CT molecular complexity index is 1160. The Morgan fingerprint density at radius 3 is 2.62 bits per heavy atom. The van der Waals surface area contributed by atoms with Crippen molar-refractivity contribution in [2.24, 2.45) is 0 Å². The molecule has 0 aliphatic heterocycles. The summed E-state index contributed by atoms with van der Waals surface area (Å²) in [6.45, 7) is 6.83. The van der Waals surface area contributed by atoms with Gasteiger partial charge in [-0.1, -0.05) is 41.6 Å². The molecule has 1 N–H and O–H groups in total. The molecule has 0 radical (unpaired) electrons. The van der Waals surface area contributed by atoms with E-state index in [4.69, 9.17) is 0 Å². The van der Waals surface area contributed by atoms with E-state index in [1.807, 2.05) is 35.7 Å². The molecule has 4 rings (SSSR count). The molecule has 1 amide bonds. The van der Waals surface area contributed by atoms with Gasteiger partial charge in [0.05, 0.1) is 18.4 Å². The second-order valence-electron chi connectivity index (χ2n) is 7.03. The Hall–Kier alpha value is -3.32. The number of nitrogens with one attached hydrogen (secondary N) is 1. The molecule has 0 saturated carbocycles. The molecular weight excluding hydrogens is 382 g/mol. The van der Waals surface area contributed by atoms with Gasteiger partial charge < -0.3 is 0 Å². The number of hydrogen-bond acceptors (Lipinski definition) is 5. The van der Waals surface area contributed by atoms with Crippen molar-refractivity contribution in [2.75, 3.05) is 5.32 Å².